The maximum Gasteiger partial charge on any atom is 0.245 e. The second kappa shape index (κ2) is 7.07. The van der Waals surface area contributed by atoms with Crippen LogP contribution in [0.1, 0.15) is 32.3 Å². The molecule has 2 aliphatic heterocycles. The summed E-state index contributed by atoms with van der Waals surface area (Å²) in [6.07, 6.45) is 1.12. The fraction of sp³-hybridized carbons (Fsp3) is 0.526. The Morgan fingerprint density at radius 1 is 1.35 bits per heavy atom. The summed E-state index contributed by atoms with van der Waals surface area (Å²) in [7, 11) is 0. The van der Waals surface area contributed by atoms with E-state index in [2.05, 4.69) is 10.6 Å². The van der Waals surface area contributed by atoms with E-state index in [-0.39, 0.29) is 30.2 Å². The Kier molecular flexibility index (Phi) is 5.00. The summed E-state index contributed by atoms with van der Waals surface area (Å²) in [5.74, 6) is -0.300. The SMILES string of the molecule is CC(C)C[C@H](NC(=O)CN)C(=O)N1CCC2(C1)C(=O)Nc1ccccc12. The molecular formula is C19H26N4O3. The molecule has 2 atom stereocenters. The van der Waals surface area contributed by atoms with E-state index in [0.717, 1.165) is 11.3 Å². The van der Waals surface area contributed by atoms with Gasteiger partial charge in [0.2, 0.25) is 17.7 Å². The first-order valence-electron chi connectivity index (χ1n) is 9.06. The van der Waals surface area contributed by atoms with Crippen molar-refractivity contribution in [2.24, 2.45) is 11.7 Å². The quantitative estimate of drug-likeness (QED) is 0.717. The zero-order valence-electron chi connectivity index (χ0n) is 15.2. The molecule has 2 aliphatic rings. The lowest BCUT2D eigenvalue weighted by Gasteiger charge is -2.27. The van der Waals surface area contributed by atoms with Crippen molar-refractivity contribution < 1.29 is 14.4 Å². The zero-order valence-corrected chi connectivity index (χ0v) is 15.2. The molecule has 1 saturated heterocycles. The first-order chi connectivity index (χ1) is 12.4. The lowest BCUT2D eigenvalue weighted by molar-refractivity contribution is -0.136. The Labute approximate surface area is 153 Å². The third-order valence-electron chi connectivity index (χ3n) is 5.23. The number of para-hydroxylation sites is 1. The number of rotatable bonds is 5. The Morgan fingerprint density at radius 3 is 2.77 bits per heavy atom. The number of amides is 3. The molecule has 0 aliphatic carbocycles. The van der Waals surface area contributed by atoms with E-state index in [4.69, 9.17) is 5.73 Å². The molecule has 0 saturated carbocycles. The van der Waals surface area contributed by atoms with Gasteiger partial charge in [-0.05, 0) is 30.4 Å². The van der Waals surface area contributed by atoms with Crippen molar-refractivity contribution in [1.82, 2.24) is 10.2 Å². The predicted octanol–water partition coefficient (Wildman–Crippen LogP) is 0.598. The van der Waals surface area contributed by atoms with E-state index >= 15 is 0 Å². The summed E-state index contributed by atoms with van der Waals surface area (Å²) < 4.78 is 0. The average molecular weight is 358 g/mol. The third kappa shape index (κ3) is 3.19. The molecule has 26 heavy (non-hydrogen) atoms. The lowest BCUT2D eigenvalue weighted by atomic mass is 9.81. The van der Waals surface area contributed by atoms with Gasteiger partial charge >= 0.3 is 0 Å². The van der Waals surface area contributed by atoms with Crippen molar-refractivity contribution in [3.05, 3.63) is 29.8 Å². The number of fused-ring (bicyclic) bond motifs is 2. The molecule has 0 bridgehead atoms. The fourth-order valence-corrected chi connectivity index (χ4v) is 3.94. The minimum Gasteiger partial charge on any atom is -0.343 e. The van der Waals surface area contributed by atoms with Crippen LogP contribution in [0.5, 0.6) is 0 Å². The van der Waals surface area contributed by atoms with E-state index in [1.54, 1.807) is 4.90 Å². The first-order valence-corrected chi connectivity index (χ1v) is 9.06. The number of likely N-dealkylation sites (tertiary alicyclic amines) is 1. The average Bonchev–Trinajstić information content (AvgIpc) is 3.17. The molecule has 7 nitrogen and oxygen atoms in total. The second-order valence-electron chi connectivity index (χ2n) is 7.55. The highest BCUT2D eigenvalue weighted by Crippen LogP contribution is 2.44. The van der Waals surface area contributed by atoms with E-state index in [1.807, 2.05) is 38.1 Å². The molecule has 3 amide bonds. The topological polar surface area (TPSA) is 105 Å². The molecule has 0 radical (unpaired) electrons. The fourth-order valence-electron chi connectivity index (χ4n) is 3.94. The number of nitrogens with one attached hydrogen (secondary N) is 2. The van der Waals surface area contributed by atoms with Crippen molar-refractivity contribution in [3.63, 3.8) is 0 Å². The van der Waals surface area contributed by atoms with Crippen molar-refractivity contribution in [1.29, 1.82) is 0 Å². The van der Waals surface area contributed by atoms with E-state index < -0.39 is 11.5 Å². The van der Waals surface area contributed by atoms with Crippen LogP contribution in [-0.2, 0) is 19.8 Å². The third-order valence-corrected chi connectivity index (χ3v) is 5.23. The van der Waals surface area contributed by atoms with E-state index in [0.29, 0.717) is 25.9 Å². The van der Waals surface area contributed by atoms with Gasteiger partial charge in [-0.2, -0.15) is 0 Å². The zero-order chi connectivity index (χ0) is 18.9. The molecule has 4 N–H and O–H groups in total. The van der Waals surface area contributed by atoms with Crippen LogP contribution >= 0.6 is 0 Å². The summed E-state index contributed by atoms with van der Waals surface area (Å²) in [5.41, 5.74) is 6.46. The number of anilines is 1. The number of carbonyl (C=O) groups is 3. The number of carbonyl (C=O) groups excluding carboxylic acids is 3. The number of hydrogen-bond acceptors (Lipinski definition) is 4. The largest absolute Gasteiger partial charge is 0.343 e. The number of nitrogens with two attached hydrogens (primary N) is 1. The molecule has 0 aromatic heterocycles. The maximum atomic E-state index is 13.0. The molecule has 1 spiro atoms. The Morgan fingerprint density at radius 2 is 2.08 bits per heavy atom. The number of benzene rings is 1. The van der Waals surface area contributed by atoms with Gasteiger partial charge in [0.25, 0.3) is 0 Å². The molecular weight excluding hydrogens is 332 g/mol. The second-order valence-corrected chi connectivity index (χ2v) is 7.55. The van der Waals surface area contributed by atoms with Crippen molar-refractivity contribution in [2.75, 3.05) is 25.0 Å². The van der Waals surface area contributed by atoms with Crippen LogP contribution in [0, 0.1) is 5.92 Å². The highest BCUT2D eigenvalue weighted by atomic mass is 16.2. The van der Waals surface area contributed by atoms with Gasteiger partial charge in [-0.25, -0.2) is 0 Å². The van der Waals surface area contributed by atoms with Gasteiger partial charge in [-0.15, -0.1) is 0 Å². The molecule has 140 valence electrons. The highest BCUT2D eigenvalue weighted by molar-refractivity contribution is 6.07. The molecule has 1 aromatic carbocycles. The maximum absolute atomic E-state index is 13.0. The molecule has 2 heterocycles. The molecule has 1 fully saturated rings. The summed E-state index contributed by atoms with van der Waals surface area (Å²) in [4.78, 5) is 39.1. The van der Waals surface area contributed by atoms with Gasteiger partial charge in [-0.1, -0.05) is 32.0 Å². The highest BCUT2D eigenvalue weighted by Gasteiger charge is 2.52. The standard InChI is InChI=1S/C19H26N4O3/c1-12(2)9-15(21-16(24)10-20)17(25)23-8-7-19(11-23)13-5-3-4-6-14(13)22-18(19)26/h3-6,12,15H,7-11,20H2,1-2H3,(H,21,24)(H,22,26)/t15-,19?/m0/s1. The normalized spacial score (nSPS) is 22.5. The van der Waals surface area contributed by atoms with Crippen molar-refractivity contribution in [3.8, 4) is 0 Å². The molecule has 7 heteroatoms. The molecule has 3 rings (SSSR count). The van der Waals surface area contributed by atoms with E-state index in [9.17, 15) is 14.4 Å². The smallest absolute Gasteiger partial charge is 0.245 e. The molecule has 1 aromatic rings. The Hall–Kier alpha value is -2.41. The van der Waals surface area contributed by atoms with Crippen LogP contribution in [0.25, 0.3) is 0 Å². The summed E-state index contributed by atoms with van der Waals surface area (Å²) in [6, 6.07) is 7.02. The van der Waals surface area contributed by atoms with Crippen LogP contribution in [0.15, 0.2) is 24.3 Å². The first kappa shape index (κ1) is 18.4. The Balaban J connectivity index is 1.79. The van der Waals surface area contributed by atoms with Gasteiger partial charge < -0.3 is 21.3 Å². The van der Waals surface area contributed by atoms with Gasteiger partial charge in [0.15, 0.2) is 0 Å². The summed E-state index contributed by atoms with van der Waals surface area (Å²) in [6.45, 7) is 4.68. The molecule has 1 unspecified atom stereocenters. The van der Waals surface area contributed by atoms with Gasteiger partial charge in [-0.3, -0.25) is 14.4 Å². The minimum atomic E-state index is -0.688. The summed E-state index contributed by atoms with van der Waals surface area (Å²) in [5, 5.41) is 5.66. The number of nitrogens with zero attached hydrogens (tertiary/aromatic N) is 1. The van der Waals surface area contributed by atoms with Crippen molar-refractivity contribution >= 4 is 23.4 Å². The van der Waals surface area contributed by atoms with Crippen molar-refractivity contribution in [2.45, 2.75) is 38.1 Å². The van der Waals surface area contributed by atoms with Crippen LogP contribution in [0.4, 0.5) is 5.69 Å². The number of hydrogen-bond donors (Lipinski definition) is 3. The predicted molar refractivity (Wildman–Crippen MR) is 98.4 cm³/mol. The Bertz CT molecular complexity index is 733. The van der Waals surface area contributed by atoms with Crippen LogP contribution < -0.4 is 16.4 Å². The van der Waals surface area contributed by atoms with Gasteiger partial charge in [0.1, 0.15) is 6.04 Å². The van der Waals surface area contributed by atoms with E-state index in [1.165, 1.54) is 0 Å². The monoisotopic (exact) mass is 358 g/mol. The van der Waals surface area contributed by atoms with Crippen LogP contribution in [0.3, 0.4) is 0 Å². The minimum absolute atomic E-state index is 0.0552. The lowest BCUT2D eigenvalue weighted by Crippen LogP contribution is -2.51. The van der Waals surface area contributed by atoms with Gasteiger partial charge in [0, 0.05) is 18.8 Å². The van der Waals surface area contributed by atoms with Crippen LogP contribution in [-0.4, -0.2) is 48.3 Å². The van der Waals surface area contributed by atoms with Gasteiger partial charge in [0.05, 0.1) is 12.0 Å². The van der Waals surface area contributed by atoms with Crippen LogP contribution in [0.2, 0.25) is 0 Å². The summed E-state index contributed by atoms with van der Waals surface area (Å²) >= 11 is 0.